The first-order valence-electron chi connectivity index (χ1n) is 18.4. The van der Waals surface area contributed by atoms with Crippen LogP contribution in [0.1, 0.15) is 129 Å². The third-order valence-electron chi connectivity index (χ3n) is 13.3. The van der Waals surface area contributed by atoms with Crippen molar-refractivity contribution in [3.8, 4) is 25.7 Å². The summed E-state index contributed by atoms with van der Waals surface area (Å²) in [6.45, 7) is 22.9. The topological polar surface area (TPSA) is 109 Å². The lowest BCUT2D eigenvalue weighted by Crippen LogP contribution is -2.60. The number of allylic oxidation sites excluding steroid dienone is 2. The van der Waals surface area contributed by atoms with E-state index in [0.29, 0.717) is 34.1 Å². The summed E-state index contributed by atoms with van der Waals surface area (Å²) in [6.07, 6.45) is 33.2. The molecule has 0 spiro atoms. The number of hydrogen-bond donors (Lipinski definition) is 3. The van der Waals surface area contributed by atoms with E-state index in [4.69, 9.17) is 0 Å². The molecule has 6 rings (SSSR count). The first kappa shape index (κ1) is 44.3. The number of benzene rings is 1. The molecule has 0 bridgehead atoms. The minimum Gasteiger partial charge on any atom is -0.478 e. The molecule has 4 saturated carbocycles. The lowest BCUT2D eigenvalue weighted by atomic mass is 9.36. The fourth-order valence-electron chi connectivity index (χ4n) is 11.6. The number of primary amides is 1. The molecule has 6 nitrogen and oxygen atoms in total. The van der Waals surface area contributed by atoms with Gasteiger partial charge < -0.3 is 16.2 Å². The van der Waals surface area contributed by atoms with Gasteiger partial charge in [-0.15, -0.1) is 38.9 Å². The van der Waals surface area contributed by atoms with Crippen molar-refractivity contribution in [1.82, 2.24) is 5.32 Å². The van der Waals surface area contributed by atoms with Crippen molar-refractivity contribution in [2.24, 2.45) is 57.0 Å². The van der Waals surface area contributed by atoms with Crippen LogP contribution in [-0.2, 0) is 9.59 Å². The fraction of sp³-hybridized carbons (Fsp3) is 0.614. The van der Waals surface area contributed by atoms with Gasteiger partial charge in [-0.2, -0.15) is 0 Å². The number of carboxylic acid groups (broad SMARTS) is 1. The molecule has 0 saturated heterocycles. The molecule has 4 fully saturated rings. The Labute approximate surface area is 304 Å². The highest BCUT2D eigenvalue weighted by atomic mass is 16.4. The van der Waals surface area contributed by atoms with Gasteiger partial charge in [0.25, 0.3) is 0 Å². The Kier molecular flexibility index (Phi) is 16.8. The standard InChI is InChI=1S/C33H46O2.C3H6N2O2.C2H6.C2H4.2C2H2/c1-30(2)24(21-8-10-22(11-9-21)29(34)35)15-19-33(5)27(30)16-20-32(4)26-14-18-31(3)17-6-7-25(31)23(26)12-13-28(32)33;4-3(7)1-5-2-6;4*1-2/h8-11,15,23,25-28H,6-7,12-14,16-20H2,1-5H3,(H,34,35);2H,1H2,(H2,4,7)(H,5,6);1-2H3;1-2H2;2*1-2H/t23-,25?,26?,27?,28?,31-,32+,33+;;;;;/m1...../s1. The molecule has 0 heterocycles. The number of rotatable bonds is 5. The van der Waals surface area contributed by atoms with E-state index in [-0.39, 0.29) is 12.0 Å². The third-order valence-corrected chi connectivity index (χ3v) is 13.3. The lowest BCUT2D eigenvalue weighted by Gasteiger charge is -2.68. The van der Waals surface area contributed by atoms with Gasteiger partial charge >= 0.3 is 5.97 Å². The van der Waals surface area contributed by atoms with Crippen molar-refractivity contribution in [2.45, 2.75) is 113 Å². The normalized spacial score (nSPS) is 33.5. The van der Waals surface area contributed by atoms with Gasteiger partial charge in [0, 0.05) is 0 Å². The number of carbonyl (C=O) groups excluding carboxylic acids is 2. The molecule has 0 aliphatic heterocycles. The van der Waals surface area contributed by atoms with Crippen LogP contribution in [0.15, 0.2) is 43.5 Å². The molecule has 5 aliphatic rings. The van der Waals surface area contributed by atoms with Crippen molar-refractivity contribution in [1.29, 1.82) is 0 Å². The summed E-state index contributed by atoms with van der Waals surface area (Å²) in [5.74, 6) is 3.04. The number of nitrogens with two attached hydrogens (primary N) is 1. The SMILES string of the molecule is C#C.C#C.C=C.CC.CC1(C)C(c2ccc(C(=O)O)cc2)=CC[C@@]2(C)C1CC[C@@]1(C)C3CC[C@@]4(C)CCCC4[C@H]3CCC12.NC(=O)CNC=O. The van der Waals surface area contributed by atoms with Crippen LogP contribution in [0.3, 0.4) is 0 Å². The average Bonchev–Trinajstić information content (AvgIpc) is 3.53. The van der Waals surface area contributed by atoms with Gasteiger partial charge in [-0.25, -0.2) is 4.79 Å². The van der Waals surface area contributed by atoms with Gasteiger partial charge in [-0.3, -0.25) is 9.59 Å². The predicted molar refractivity (Wildman–Crippen MR) is 209 cm³/mol. The van der Waals surface area contributed by atoms with Crippen LogP contribution >= 0.6 is 0 Å². The van der Waals surface area contributed by atoms with Crippen molar-refractivity contribution in [3.05, 3.63) is 54.6 Å². The molecule has 1 aromatic carbocycles. The van der Waals surface area contributed by atoms with Gasteiger partial charge in [-0.05, 0) is 132 Å². The summed E-state index contributed by atoms with van der Waals surface area (Å²) in [5.41, 5.74) is 9.26. The van der Waals surface area contributed by atoms with Gasteiger partial charge in [0.15, 0.2) is 0 Å². The Bertz CT molecular complexity index is 1340. The summed E-state index contributed by atoms with van der Waals surface area (Å²) in [5, 5.41) is 11.4. The van der Waals surface area contributed by atoms with Crippen LogP contribution in [0, 0.1) is 76.9 Å². The molecular weight excluding hydrogens is 620 g/mol. The second-order valence-electron chi connectivity index (χ2n) is 15.6. The molecule has 4 unspecified atom stereocenters. The zero-order chi connectivity index (χ0) is 38.5. The second-order valence-corrected chi connectivity index (χ2v) is 15.6. The van der Waals surface area contributed by atoms with Gasteiger partial charge in [-0.1, -0.05) is 73.1 Å². The minimum absolute atomic E-state index is 0.0799. The van der Waals surface area contributed by atoms with E-state index in [0.717, 1.165) is 23.7 Å². The Morgan fingerprint density at radius 2 is 1.46 bits per heavy atom. The zero-order valence-electron chi connectivity index (χ0n) is 32.1. The van der Waals surface area contributed by atoms with Crippen LogP contribution in [0.2, 0.25) is 0 Å². The van der Waals surface area contributed by atoms with Crippen molar-refractivity contribution < 1.29 is 19.5 Å². The van der Waals surface area contributed by atoms with Crippen LogP contribution < -0.4 is 11.1 Å². The highest BCUT2D eigenvalue weighted by Gasteiger charge is 2.64. The van der Waals surface area contributed by atoms with Crippen molar-refractivity contribution >= 4 is 23.9 Å². The molecule has 276 valence electrons. The molecule has 0 aromatic heterocycles. The van der Waals surface area contributed by atoms with E-state index >= 15 is 0 Å². The summed E-state index contributed by atoms with van der Waals surface area (Å²) < 4.78 is 0. The number of amides is 2. The van der Waals surface area contributed by atoms with Gasteiger partial charge in [0.05, 0.1) is 12.1 Å². The smallest absolute Gasteiger partial charge is 0.335 e. The Morgan fingerprint density at radius 3 is 1.98 bits per heavy atom. The number of aromatic carboxylic acids is 1. The average molecular weight is 687 g/mol. The maximum atomic E-state index is 11.4. The number of nitrogens with one attached hydrogen (secondary N) is 1. The Morgan fingerprint density at radius 1 is 0.860 bits per heavy atom. The molecular formula is C44H66N2O4. The van der Waals surface area contributed by atoms with Gasteiger partial charge in [0.2, 0.25) is 12.3 Å². The van der Waals surface area contributed by atoms with E-state index in [1.165, 1.54) is 75.3 Å². The highest BCUT2D eigenvalue weighted by Crippen LogP contribution is 2.73. The number of hydrogen-bond acceptors (Lipinski definition) is 3. The first-order chi connectivity index (χ1) is 23.8. The van der Waals surface area contributed by atoms with Crippen LogP contribution in [0.5, 0.6) is 0 Å². The summed E-state index contributed by atoms with van der Waals surface area (Å²) in [7, 11) is 0. The Hall–Kier alpha value is -3.77. The summed E-state index contributed by atoms with van der Waals surface area (Å²) in [6, 6.07) is 7.64. The quantitative estimate of drug-likeness (QED) is 0.163. The van der Waals surface area contributed by atoms with E-state index < -0.39 is 11.9 Å². The van der Waals surface area contributed by atoms with Gasteiger partial charge in [0.1, 0.15) is 0 Å². The highest BCUT2D eigenvalue weighted by molar-refractivity contribution is 5.88. The lowest BCUT2D eigenvalue weighted by molar-refractivity contribution is -0.176. The zero-order valence-corrected chi connectivity index (χ0v) is 32.1. The van der Waals surface area contributed by atoms with E-state index in [1.54, 1.807) is 12.1 Å². The summed E-state index contributed by atoms with van der Waals surface area (Å²) in [4.78, 5) is 30.5. The maximum Gasteiger partial charge on any atom is 0.335 e. The molecule has 8 atom stereocenters. The maximum absolute atomic E-state index is 11.4. The van der Waals surface area contributed by atoms with Crippen LogP contribution in [-0.4, -0.2) is 29.9 Å². The summed E-state index contributed by atoms with van der Waals surface area (Å²) >= 11 is 0. The van der Waals surface area contributed by atoms with E-state index in [9.17, 15) is 19.5 Å². The molecule has 6 heteroatoms. The van der Waals surface area contributed by atoms with E-state index in [2.05, 4.69) is 90.6 Å². The van der Waals surface area contributed by atoms with Crippen molar-refractivity contribution in [3.63, 3.8) is 0 Å². The molecule has 50 heavy (non-hydrogen) atoms. The molecule has 2 amide bonds. The third kappa shape index (κ3) is 8.57. The molecule has 5 aliphatic carbocycles. The number of carboxylic acids is 1. The number of carbonyl (C=O) groups is 3. The number of fused-ring (bicyclic) bond motifs is 7. The predicted octanol–water partition coefficient (Wildman–Crippen LogP) is 9.41. The largest absolute Gasteiger partial charge is 0.478 e. The molecule has 1 aromatic rings. The molecule has 0 radical (unpaired) electrons. The van der Waals surface area contributed by atoms with E-state index in [1.807, 2.05) is 26.0 Å². The number of terminal acetylenes is 2. The second kappa shape index (κ2) is 19.0. The fourth-order valence-corrected chi connectivity index (χ4v) is 11.6. The van der Waals surface area contributed by atoms with Crippen LogP contribution in [0.4, 0.5) is 0 Å². The Balaban J connectivity index is 0.000000722. The van der Waals surface area contributed by atoms with Crippen LogP contribution in [0.25, 0.3) is 5.57 Å². The molecule has 4 N–H and O–H groups in total. The minimum atomic E-state index is -0.844. The first-order valence-corrected chi connectivity index (χ1v) is 18.4. The monoisotopic (exact) mass is 687 g/mol. The van der Waals surface area contributed by atoms with Crippen molar-refractivity contribution in [2.75, 3.05) is 6.54 Å².